The van der Waals surface area contributed by atoms with Crippen LogP contribution in [0, 0.1) is 0 Å². The van der Waals surface area contributed by atoms with Gasteiger partial charge in [0.15, 0.2) is 17.9 Å². The number of ether oxygens (including phenoxy) is 4. The lowest BCUT2D eigenvalue weighted by atomic mass is 9.95. The maximum Gasteiger partial charge on any atom is 0.330 e. The number of hydrogen-bond donors (Lipinski definition) is 1. The van der Waals surface area contributed by atoms with Crippen LogP contribution in [0.1, 0.15) is 33.9 Å². The zero-order valence-corrected chi connectivity index (χ0v) is 15.2. The number of rotatable bonds is 5. The standard InChI is InChI=1S/C16H20N2O9/c1-8(19)24-7-11-13(25-9(2)20)16(4,27-10(3)21)14(26-11)18-6-5-12(22)17-15(18)23/h5-6,11,13-14H,7H2,1-4H3,(H,17,22,23)/t11-,13?,14-,16-/m1/s1. The molecular formula is C16H20N2O9. The van der Waals surface area contributed by atoms with Crippen LogP contribution in [-0.4, -0.2) is 51.9 Å². The highest BCUT2D eigenvalue weighted by Crippen LogP contribution is 2.42. The Kier molecular flexibility index (Phi) is 5.84. The number of aromatic nitrogens is 2. The van der Waals surface area contributed by atoms with Gasteiger partial charge in [-0.15, -0.1) is 0 Å². The minimum Gasteiger partial charge on any atom is -0.463 e. The third-order valence-corrected chi connectivity index (χ3v) is 3.91. The van der Waals surface area contributed by atoms with Gasteiger partial charge < -0.3 is 18.9 Å². The van der Waals surface area contributed by atoms with Crippen molar-refractivity contribution in [1.29, 1.82) is 0 Å². The second-order valence-corrected chi connectivity index (χ2v) is 6.15. The van der Waals surface area contributed by atoms with Crippen molar-refractivity contribution < 1.29 is 33.3 Å². The van der Waals surface area contributed by atoms with E-state index >= 15 is 0 Å². The van der Waals surface area contributed by atoms with Crippen molar-refractivity contribution in [2.45, 2.75) is 51.7 Å². The van der Waals surface area contributed by atoms with Crippen molar-refractivity contribution in [3.05, 3.63) is 33.1 Å². The van der Waals surface area contributed by atoms with Gasteiger partial charge in [-0.3, -0.25) is 28.7 Å². The molecular weight excluding hydrogens is 364 g/mol. The van der Waals surface area contributed by atoms with E-state index in [0.29, 0.717) is 0 Å². The maximum atomic E-state index is 12.2. The highest BCUT2D eigenvalue weighted by molar-refractivity contribution is 5.68. The zero-order valence-electron chi connectivity index (χ0n) is 15.2. The number of carbonyl (C=O) groups excluding carboxylic acids is 3. The summed E-state index contributed by atoms with van der Waals surface area (Å²) in [6.07, 6.45) is -2.30. The normalized spacial score (nSPS) is 27.0. The Balaban J connectivity index is 2.53. The summed E-state index contributed by atoms with van der Waals surface area (Å²) in [5.74, 6) is -2.00. The van der Waals surface area contributed by atoms with Gasteiger partial charge in [0.05, 0.1) is 0 Å². The molecule has 0 aromatic carbocycles. The molecule has 0 amide bonds. The Morgan fingerprint density at radius 2 is 1.85 bits per heavy atom. The van der Waals surface area contributed by atoms with Crippen molar-refractivity contribution >= 4 is 17.9 Å². The van der Waals surface area contributed by atoms with Crippen molar-refractivity contribution in [3.63, 3.8) is 0 Å². The number of hydrogen-bond acceptors (Lipinski definition) is 9. The molecule has 0 saturated carbocycles. The van der Waals surface area contributed by atoms with E-state index in [9.17, 15) is 24.0 Å². The first-order valence-electron chi connectivity index (χ1n) is 8.01. The second kappa shape index (κ2) is 7.74. The quantitative estimate of drug-likeness (QED) is 0.512. The third kappa shape index (κ3) is 4.42. The van der Waals surface area contributed by atoms with Crippen LogP contribution in [0.5, 0.6) is 0 Å². The summed E-state index contributed by atoms with van der Waals surface area (Å²) in [5.41, 5.74) is -3.08. The molecule has 11 heteroatoms. The molecule has 1 fully saturated rings. The van der Waals surface area contributed by atoms with Crippen molar-refractivity contribution in [1.82, 2.24) is 9.55 Å². The third-order valence-electron chi connectivity index (χ3n) is 3.91. The minimum absolute atomic E-state index is 0.307. The summed E-state index contributed by atoms with van der Waals surface area (Å²) in [6.45, 7) is 4.58. The van der Waals surface area contributed by atoms with Gasteiger partial charge >= 0.3 is 23.6 Å². The average Bonchev–Trinajstić information content (AvgIpc) is 2.77. The topological polar surface area (TPSA) is 143 Å². The fraction of sp³-hybridized carbons (Fsp3) is 0.562. The molecule has 2 heterocycles. The van der Waals surface area contributed by atoms with E-state index in [1.165, 1.54) is 13.8 Å². The monoisotopic (exact) mass is 384 g/mol. The van der Waals surface area contributed by atoms with E-state index in [0.717, 1.165) is 30.7 Å². The molecule has 1 unspecified atom stereocenters. The predicted octanol–water partition coefficient (Wildman–Crippen LogP) is -0.749. The van der Waals surface area contributed by atoms with E-state index in [2.05, 4.69) is 4.98 Å². The van der Waals surface area contributed by atoms with Crippen molar-refractivity contribution in [2.75, 3.05) is 6.61 Å². The van der Waals surface area contributed by atoms with Crippen LogP contribution in [0.4, 0.5) is 0 Å². The van der Waals surface area contributed by atoms with Gasteiger partial charge in [-0.2, -0.15) is 0 Å². The SMILES string of the molecule is CC(=O)OC[C@H]1O[C@@H](n2ccc(=O)[nH]c2=O)[C@](C)(OC(C)=O)C1OC(C)=O. The molecule has 11 nitrogen and oxygen atoms in total. The molecule has 1 aliphatic rings. The summed E-state index contributed by atoms with van der Waals surface area (Å²) in [4.78, 5) is 60.0. The van der Waals surface area contributed by atoms with Gasteiger partial charge in [-0.05, 0) is 6.92 Å². The Hall–Kier alpha value is -2.95. The highest BCUT2D eigenvalue weighted by Gasteiger charge is 2.60. The van der Waals surface area contributed by atoms with Crippen LogP contribution in [0.15, 0.2) is 21.9 Å². The lowest BCUT2D eigenvalue weighted by molar-refractivity contribution is -0.185. The highest BCUT2D eigenvalue weighted by atomic mass is 16.7. The molecule has 27 heavy (non-hydrogen) atoms. The number of nitrogens with one attached hydrogen (secondary N) is 1. The van der Waals surface area contributed by atoms with Crippen LogP contribution in [0.25, 0.3) is 0 Å². The molecule has 1 aromatic heterocycles. The number of carbonyl (C=O) groups is 3. The van der Waals surface area contributed by atoms with Gasteiger partial charge in [-0.25, -0.2) is 4.79 Å². The first-order chi connectivity index (χ1) is 12.5. The first-order valence-corrected chi connectivity index (χ1v) is 8.01. The molecule has 1 saturated heterocycles. The number of nitrogens with zero attached hydrogens (tertiary/aromatic N) is 1. The fourth-order valence-electron chi connectivity index (χ4n) is 2.95. The van der Waals surface area contributed by atoms with Gasteiger partial charge in [0.25, 0.3) is 5.56 Å². The van der Waals surface area contributed by atoms with Crippen LogP contribution >= 0.6 is 0 Å². The summed E-state index contributed by atoms with van der Waals surface area (Å²) < 4.78 is 22.3. The van der Waals surface area contributed by atoms with Gasteiger partial charge in [0, 0.05) is 33.0 Å². The summed E-state index contributed by atoms with van der Waals surface area (Å²) in [6, 6.07) is 1.08. The average molecular weight is 384 g/mol. The molecule has 0 radical (unpaired) electrons. The van der Waals surface area contributed by atoms with Crippen LogP contribution in [0.2, 0.25) is 0 Å². The van der Waals surface area contributed by atoms with Gasteiger partial charge in [0.2, 0.25) is 0 Å². The predicted molar refractivity (Wildman–Crippen MR) is 87.6 cm³/mol. The summed E-state index contributed by atoms with van der Waals surface area (Å²) in [5, 5.41) is 0. The van der Waals surface area contributed by atoms with Crippen LogP contribution in [0.3, 0.4) is 0 Å². The Bertz CT molecular complexity index is 858. The first kappa shape index (κ1) is 20.4. The van der Waals surface area contributed by atoms with Gasteiger partial charge in [-0.1, -0.05) is 0 Å². The molecule has 1 aromatic rings. The fourth-order valence-corrected chi connectivity index (χ4v) is 2.95. The molecule has 1 aliphatic heterocycles. The maximum absolute atomic E-state index is 12.2. The Morgan fingerprint density at radius 3 is 2.37 bits per heavy atom. The molecule has 0 bridgehead atoms. The molecule has 1 N–H and O–H groups in total. The molecule has 2 rings (SSSR count). The van der Waals surface area contributed by atoms with Crippen LogP contribution in [-0.2, 0) is 33.3 Å². The Morgan fingerprint density at radius 1 is 1.19 bits per heavy atom. The molecule has 0 aliphatic carbocycles. The van der Waals surface area contributed by atoms with E-state index in [1.807, 2.05) is 0 Å². The van der Waals surface area contributed by atoms with Gasteiger partial charge in [0.1, 0.15) is 12.7 Å². The van der Waals surface area contributed by atoms with Crippen molar-refractivity contribution in [3.8, 4) is 0 Å². The summed E-state index contributed by atoms with van der Waals surface area (Å²) >= 11 is 0. The summed E-state index contributed by atoms with van der Waals surface area (Å²) in [7, 11) is 0. The Labute approximate surface area is 153 Å². The van der Waals surface area contributed by atoms with E-state index in [1.54, 1.807) is 0 Å². The lowest BCUT2D eigenvalue weighted by Crippen LogP contribution is -2.51. The molecule has 148 valence electrons. The zero-order chi connectivity index (χ0) is 20.4. The minimum atomic E-state index is -1.63. The van der Waals surface area contributed by atoms with Crippen LogP contribution < -0.4 is 11.2 Å². The molecule has 4 atom stereocenters. The largest absolute Gasteiger partial charge is 0.463 e. The van der Waals surface area contributed by atoms with E-state index < -0.39 is 53.2 Å². The van der Waals surface area contributed by atoms with E-state index in [-0.39, 0.29) is 6.61 Å². The van der Waals surface area contributed by atoms with Crippen molar-refractivity contribution in [2.24, 2.45) is 0 Å². The lowest BCUT2D eigenvalue weighted by Gasteiger charge is -2.34. The smallest absolute Gasteiger partial charge is 0.330 e. The number of H-pyrrole nitrogens is 1. The van der Waals surface area contributed by atoms with E-state index in [4.69, 9.17) is 18.9 Å². The molecule has 0 spiro atoms. The number of aromatic amines is 1. The number of esters is 3. The second-order valence-electron chi connectivity index (χ2n) is 6.15.